The van der Waals surface area contributed by atoms with Gasteiger partial charge in [0, 0.05) is 43.8 Å². The third-order valence-corrected chi connectivity index (χ3v) is 4.56. The van der Waals surface area contributed by atoms with E-state index in [1.54, 1.807) is 47.1 Å². The standard InChI is InChI=1S/C23H25N3O3/c1-3-29-21-11-9-19(10-12-21)22(27)13-14-23(28)25(2)16-18-15-24-26(17-18)20-7-5-4-6-8-20/h4-12,15,17H,3,13-14,16H2,1-2H3. The van der Waals surface area contributed by atoms with E-state index in [0.717, 1.165) is 17.0 Å². The van der Waals surface area contributed by atoms with Crippen LogP contribution in [0.4, 0.5) is 0 Å². The van der Waals surface area contributed by atoms with Gasteiger partial charge in [-0.15, -0.1) is 0 Å². The molecule has 6 heteroatoms. The number of benzene rings is 2. The van der Waals surface area contributed by atoms with Crippen LogP contribution < -0.4 is 4.74 Å². The summed E-state index contributed by atoms with van der Waals surface area (Å²) in [5, 5.41) is 4.35. The van der Waals surface area contributed by atoms with E-state index in [-0.39, 0.29) is 24.5 Å². The van der Waals surface area contributed by atoms with E-state index in [9.17, 15) is 9.59 Å². The zero-order valence-corrected chi connectivity index (χ0v) is 16.7. The lowest BCUT2D eigenvalue weighted by Crippen LogP contribution is -2.26. The number of rotatable bonds is 9. The number of aromatic nitrogens is 2. The Bertz CT molecular complexity index is 949. The van der Waals surface area contributed by atoms with Gasteiger partial charge in [0.05, 0.1) is 18.5 Å². The molecule has 0 spiro atoms. The lowest BCUT2D eigenvalue weighted by molar-refractivity contribution is -0.130. The van der Waals surface area contributed by atoms with E-state index in [4.69, 9.17) is 4.74 Å². The minimum absolute atomic E-state index is 0.0494. The van der Waals surface area contributed by atoms with Crippen molar-refractivity contribution in [1.29, 1.82) is 0 Å². The molecule has 150 valence electrons. The number of nitrogens with zero attached hydrogens (tertiary/aromatic N) is 3. The van der Waals surface area contributed by atoms with E-state index in [1.165, 1.54) is 0 Å². The smallest absolute Gasteiger partial charge is 0.223 e. The molecule has 0 N–H and O–H groups in total. The van der Waals surface area contributed by atoms with Gasteiger partial charge in [0.2, 0.25) is 5.91 Å². The van der Waals surface area contributed by atoms with Gasteiger partial charge in [0.25, 0.3) is 0 Å². The Hall–Kier alpha value is -3.41. The Morgan fingerprint density at radius 1 is 1.03 bits per heavy atom. The van der Waals surface area contributed by atoms with Gasteiger partial charge in [-0.25, -0.2) is 4.68 Å². The van der Waals surface area contributed by atoms with E-state index < -0.39 is 0 Å². The van der Waals surface area contributed by atoms with Crippen LogP contribution in [-0.4, -0.2) is 40.0 Å². The van der Waals surface area contributed by atoms with Crippen LogP contribution in [0.5, 0.6) is 5.75 Å². The summed E-state index contributed by atoms with van der Waals surface area (Å²) in [7, 11) is 1.74. The van der Waals surface area contributed by atoms with Crippen molar-refractivity contribution < 1.29 is 14.3 Å². The minimum atomic E-state index is -0.0725. The fraction of sp³-hybridized carbons (Fsp3) is 0.261. The van der Waals surface area contributed by atoms with Crippen LogP contribution in [0, 0.1) is 0 Å². The Morgan fingerprint density at radius 3 is 2.45 bits per heavy atom. The number of ketones is 1. The molecule has 0 aliphatic carbocycles. The first-order valence-corrected chi connectivity index (χ1v) is 9.66. The molecular formula is C23H25N3O3. The summed E-state index contributed by atoms with van der Waals surface area (Å²) in [6.45, 7) is 2.94. The van der Waals surface area contributed by atoms with E-state index in [1.807, 2.05) is 43.5 Å². The molecule has 0 aliphatic heterocycles. The number of carbonyl (C=O) groups is 2. The molecule has 0 fully saturated rings. The summed E-state index contributed by atoms with van der Waals surface area (Å²) in [6, 6.07) is 16.8. The van der Waals surface area contributed by atoms with E-state index >= 15 is 0 Å². The van der Waals surface area contributed by atoms with Gasteiger partial charge >= 0.3 is 0 Å². The number of Topliss-reactive ketones (excluding diaryl/α,β-unsaturated/α-hetero) is 1. The highest BCUT2D eigenvalue weighted by Crippen LogP contribution is 2.15. The molecule has 0 atom stereocenters. The number of ether oxygens (including phenoxy) is 1. The minimum Gasteiger partial charge on any atom is -0.494 e. The van der Waals surface area contributed by atoms with Crippen LogP contribution in [-0.2, 0) is 11.3 Å². The quantitative estimate of drug-likeness (QED) is 0.519. The third kappa shape index (κ3) is 5.54. The van der Waals surface area contributed by atoms with Crippen LogP contribution in [0.2, 0.25) is 0 Å². The molecule has 0 saturated carbocycles. The van der Waals surface area contributed by atoms with Crippen LogP contribution in [0.15, 0.2) is 67.0 Å². The average Bonchev–Trinajstić information content (AvgIpc) is 3.21. The first-order valence-electron chi connectivity index (χ1n) is 9.66. The normalized spacial score (nSPS) is 10.6. The number of carbonyl (C=O) groups excluding carboxylic acids is 2. The lowest BCUT2D eigenvalue weighted by Gasteiger charge is -2.16. The Morgan fingerprint density at radius 2 is 1.76 bits per heavy atom. The van der Waals surface area contributed by atoms with Gasteiger partial charge < -0.3 is 9.64 Å². The zero-order chi connectivity index (χ0) is 20.6. The maximum atomic E-state index is 12.4. The highest BCUT2D eigenvalue weighted by atomic mass is 16.5. The van der Waals surface area contributed by atoms with Crippen LogP contribution >= 0.6 is 0 Å². The summed E-state index contributed by atoms with van der Waals surface area (Å²) in [5.41, 5.74) is 2.49. The number of hydrogen-bond donors (Lipinski definition) is 0. The molecule has 1 amide bonds. The van der Waals surface area contributed by atoms with Crippen LogP contribution in [0.3, 0.4) is 0 Å². The summed E-state index contributed by atoms with van der Waals surface area (Å²) in [6.07, 6.45) is 4.02. The van der Waals surface area contributed by atoms with Crippen molar-refractivity contribution in [2.24, 2.45) is 0 Å². The maximum absolute atomic E-state index is 12.4. The molecule has 0 saturated heterocycles. The molecule has 0 radical (unpaired) electrons. The van der Waals surface area contributed by atoms with Crippen molar-refractivity contribution >= 4 is 11.7 Å². The van der Waals surface area contributed by atoms with Gasteiger partial charge in [0.1, 0.15) is 5.75 Å². The second kappa shape index (κ2) is 9.68. The number of amides is 1. The molecule has 0 aliphatic rings. The molecule has 29 heavy (non-hydrogen) atoms. The van der Waals surface area contributed by atoms with Crippen molar-refractivity contribution in [3.63, 3.8) is 0 Å². The first-order chi connectivity index (χ1) is 14.1. The molecule has 1 aromatic heterocycles. The van der Waals surface area contributed by atoms with Crippen molar-refractivity contribution in [3.05, 3.63) is 78.1 Å². The summed E-state index contributed by atoms with van der Waals surface area (Å²) in [5.74, 6) is 0.611. The fourth-order valence-corrected chi connectivity index (χ4v) is 2.99. The summed E-state index contributed by atoms with van der Waals surface area (Å²) < 4.78 is 7.16. The number of para-hydroxylation sites is 1. The highest BCUT2D eigenvalue weighted by molar-refractivity contribution is 5.98. The van der Waals surface area contributed by atoms with Gasteiger partial charge in [-0.2, -0.15) is 5.10 Å². The van der Waals surface area contributed by atoms with E-state index in [0.29, 0.717) is 18.7 Å². The number of hydrogen-bond acceptors (Lipinski definition) is 4. The van der Waals surface area contributed by atoms with Crippen LogP contribution in [0.25, 0.3) is 5.69 Å². The largest absolute Gasteiger partial charge is 0.494 e. The SMILES string of the molecule is CCOc1ccc(C(=O)CCC(=O)N(C)Cc2cnn(-c3ccccc3)c2)cc1. The van der Waals surface area contributed by atoms with Gasteiger partial charge in [-0.05, 0) is 43.3 Å². The fourth-order valence-electron chi connectivity index (χ4n) is 2.99. The van der Waals surface area contributed by atoms with E-state index in [2.05, 4.69) is 5.10 Å². The molecule has 6 nitrogen and oxygen atoms in total. The predicted octanol–water partition coefficient (Wildman–Crippen LogP) is 3.89. The lowest BCUT2D eigenvalue weighted by atomic mass is 10.1. The second-order valence-electron chi connectivity index (χ2n) is 6.76. The highest BCUT2D eigenvalue weighted by Gasteiger charge is 2.14. The molecule has 0 unspecified atom stereocenters. The molecule has 3 aromatic rings. The Kier molecular flexibility index (Phi) is 6.79. The topological polar surface area (TPSA) is 64.4 Å². The van der Waals surface area contributed by atoms with Crippen molar-refractivity contribution in [2.45, 2.75) is 26.3 Å². The average molecular weight is 391 g/mol. The zero-order valence-electron chi connectivity index (χ0n) is 16.7. The summed E-state index contributed by atoms with van der Waals surface area (Å²) in [4.78, 5) is 26.4. The Balaban J connectivity index is 1.50. The molecule has 0 bridgehead atoms. The predicted molar refractivity (Wildman–Crippen MR) is 111 cm³/mol. The molecule has 3 rings (SSSR count). The summed E-state index contributed by atoms with van der Waals surface area (Å²) >= 11 is 0. The van der Waals surface area contributed by atoms with Crippen molar-refractivity contribution in [2.75, 3.05) is 13.7 Å². The van der Waals surface area contributed by atoms with Crippen LogP contribution in [0.1, 0.15) is 35.7 Å². The van der Waals surface area contributed by atoms with Crippen molar-refractivity contribution in [1.82, 2.24) is 14.7 Å². The second-order valence-corrected chi connectivity index (χ2v) is 6.76. The molecule has 1 heterocycles. The van der Waals surface area contributed by atoms with Crippen molar-refractivity contribution in [3.8, 4) is 11.4 Å². The first kappa shape index (κ1) is 20.3. The van der Waals surface area contributed by atoms with Gasteiger partial charge in [-0.1, -0.05) is 18.2 Å². The molecular weight excluding hydrogens is 366 g/mol. The maximum Gasteiger partial charge on any atom is 0.223 e. The Labute approximate surface area is 170 Å². The van der Waals surface area contributed by atoms with Gasteiger partial charge in [0.15, 0.2) is 5.78 Å². The third-order valence-electron chi connectivity index (χ3n) is 4.56. The monoisotopic (exact) mass is 391 g/mol. The van der Waals surface area contributed by atoms with Gasteiger partial charge in [-0.3, -0.25) is 9.59 Å². The molecule has 2 aromatic carbocycles.